The molecule has 8 heteroatoms. The fourth-order valence-corrected chi connectivity index (χ4v) is 3.48. The molecule has 1 saturated heterocycles. The number of hydrogen-bond donors (Lipinski definition) is 1. The van der Waals surface area contributed by atoms with E-state index in [-0.39, 0.29) is 19.1 Å². The molecule has 1 aromatic rings. The molecule has 4 nitrogen and oxygen atoms in total. The highest BCUT2D eigenvalue weighted by Crippen LogP contribution is 2.26. The molecule has 18 heavy (non-hydrogen) atoms. The minimum atomic E-state index is -4.31. The summed E-state index contributed by atoms with van der Waals surface area (Å²) in [6.07, 6.45) is 0.420. The van der Waals surface area contributed by atoms with Gasteiger partial charge < -0.3 is 5.73 Å². The highest BCUT2D eigenvalue weighted by Gasteiger charge is 2.35. The van der Waals surface area contributed by atoms with E-state index < -0.39 is 32.4 Å². The summed E-state index contributed by atoms with van der Waals surface area (Å²) in [5, 5.41) is 0. The zero-order valence-corrected chi connectivity index (χ0v) is 10.1. The molecule has 2 N–H and O–H groups in total. The van der Waals surface area contributed by atoms with Gasteiger partial charge in [0.25, 0.3) is 0 Å². The third kappa shape index (κ3) is 2.23. The Balaban J connectivity index is 2.48. The quantitative estimate of drug-likeness (QED) is 0.872. The van der Waals surface area contributed by atoms with Crippen molar-refractivity contribution >= 4 is 10.0 Å². The average molecular weight is 280 g/mol. The fourth-order valence-electron chi connectivity index (χ4n) is 1.88. The molecule has 0 bridgehead atoms. The van der Waals surface area contributed by atoms with Gasteiger partial charge >= 0.3 is 0 Å². The van der Waals surface area contributed by atoms with Crippen molar-refractivity contribution in [2.45, 2.75) is 17.4 Å². The Hall–Kier alpha value is -1.12. The van der Waals surface area contributed by atoms with Crippen LogP contribution in [0.1, 0.15) is 6.42 Å². The summed E-state index contributed by atoms with van der Waals surface area (Å²) in [4.78, 5) is -1.13. The number of hydrogen-bond acceptors (Lipinski definition) is 3. The summed E-state index contributed by atoms with van der Waals surface area (Å²) in [5.74, 6) is -4.04. The van der Waals surface area contributed by atoms with Gasteiger partial charge in [-0.15, -0.1) is 0 Å². The number of halogens is 3. The largest absolute Gasteiger partial charge is 0.326 e. The summed E-state index contributed by atoms with van der Waals surface area (Å²) in [6, 6.07) is 0.323. The molecular formula is C10H11F3N2O2S. The molecule has 0 radical (unpaired) electrons. The fraction of sp³-hybridized carbons (Fsp3) is 0.400. The lowest BCUT2D eigenvalue weighted by Crippen LogP contribution is -2.33. The Morgan fingerprint density at radius 2 is 1.78 bits per heavy atom. The first-order valence-corrected chi connectivity index (χ1v) is 6.66. The Morgan fingerprint density at radius 1 is 1.22 bits per heavy atom. The summed E-state index contributed by atoms with van der Waals surface area (Å²) in [7, 11) is -4.31. The van der Waals surface area contributed by atoms with Crippen molar-refractivity contribution in [3.05, 3.63) is 29.6 Å². The van der Waals surface area contributed by atoms with E-state index in [4.69, 9.17) is 5.73 Å². The van der Waals surface area contributed by atoms with Crippen LogP contribution < -0.4 is 5.73 Å². The van der Waals surface area contributed by atoms with Crippen molar-refractivity contribution in [1.29, 1.82) is 0 Å². The smallest absolute Gasteiger partial charge is 0.248 e. The van der Waals surface area contributed by atoms with E-state index in [1.165, 1.54) is 0 Å². The van der Waals surface area contributed by atoms with E-state index in [1.54, 1.807) is 0 Å². The Labute approximate surface area is 102 Å². The molecule has 0 amide bonds. The number of nitrogens with two attached hydrogens (primary N) is 1. The summed E-state index contributed by atoms with van der Waals surface area (Å²) in [5.41, 5.74) is 5.55. The van der Waals surface area contributed by atoms with Gasteiger partial charge in [0.1, 0.15) is 17.5 Å². The Morgan fingerprint density at radius 3 is 2.22 bits per heavy atom. The first-order chi connectivity index (χ1) is 8.32. The topological polar surface area (TPSA) is 63.4 Å². The van der Waals surface area contributed by atoms with Crippen molar-refractivity contribution in [3.8, 4) is 0 Å². The lowest BCUT2D eigenvalue weighted by Gasteiger charge is -2.16. The maximum Gasteiger partial charge on any atom is 0.248 e. The van der Waals surface area contributed by atoms with Gasteiger partial charge in [0.05, 0.1) is 0 Å². The monoisotopic (exact) mass is 280 g/mol. The van der Waals surface area contributed by atoms with E-state index >= 15 is 0 Å². The minimum Gasteiger partial charge on any atom is -0.326 e. The second-order valence-electron chi connectivity index (χ2n) is 4.11. The van der Waals surface area contributed by atoms with Crippen molar-refractivity contribution < 1.29 is 21.6 Å². The van der Waals surface area contributed by atoms with Crippen molar-refractivity contribution in [2.75, 3.05) is 13.1 Å². The molecule has 1 aromatic carbocycles. The first kappa shape index (κ1) is 13.3. The highest BCUT2D eigenvalue weighted by atomic mass is 32.2. The maximum absolute atomic E-state index is 13.4. The van der Waals surface area contributed by atoms with Crippen LogP contribution in [-0.4, -0.2) is 31.9 Å². The van der Waals surface area contributed by atoms with Crippen LogP contribution in [0.25, 0.3) is 0 Å². The summed E-state index contributed by atoms with van der Waals surface area (Å²) >= 11 is 0. The highest BCUT2D eigenvalue weighted by molar-refractivity contribution is 7.89. The second-order valence-corrected chi connectivity index (χ2v) is 5.99. The lowest BCUT2D eigenvalue weighted by atomic mass is 10.3. The Kier molecular flexibility index (Phi) is 3.35. The van der Waals surface area contributed by atoms with E-state index in [9.17, 15) is 21.6 Å². The van der Waals surface area contributed by atoms with Gasteiger partial charge in [-0.2, -0.15) is 4.31 Å². The molecule has 0 spiro atoms. The molecule has 0 aliphatic carbocycles. The van der Waals surface area contributed by atoms with Gasteiger partial charge in [0, 0.05) is 31.3 Å². The summed E-state index contributed by atoms with van der Waals surface area (Å²) in [6.45, 7) is 0.0956. The average Bonchev–Trinajstić information content (AvgIpc) is 2.63. The van der Waals surface area contributed by atoms with Gasteiger partial charge in [-0.05, 0) is 6.42 Å². The van der Waals surface area contributed by atoms with E-state index in [0.29, 0.717) is 18.6 Å². The predicted molar refractivity (Wildman–Crippen MR) is 57.7 cm³/mol. The lowest BCUT2D eigenvalue weighted by molar-refractivity contribution is 0.447. The van der Waals surface area contributed by atoms with Crippen LogP contribution in [0.3, 0.4) is 0 Å². The van der Waals surface area contributed by atoms with Crippen LogP contribution in [0.5, 0.6) is 0 Å². The van der Waals surface area contributed by atoms with Gasteiger partial charge in [-0.1, -0.05) is 0 Å². The minimum absolute atomic E-state index is 0.00140. The van der Waals surface area contributed by atoms with Crippen LogP contribution in [-0.2, 0) is 10.0 Å². The van der Waals surface area contributed by atoms with Gasteiger partial charge in [0.15, 0.2) is 4.90 Å². The number of rotatable bonds is 2. The summed E-state index contributed by atoms with van der Waals surface area (Å²) < 4.78 is 64.5. The van der Waals surface area contributed by atoms with Crippen LogP contribution >= 0.6 is 0 Å². The second kappa shape index (κ2) is 4.52. The van der Waals surface area contributed by atoms with Gasteiger partial charge in [-0.3, -0.25) is 0 Å². The van der Waals surface area contributed by atoms with E-state index in [0.717, 1.165) is 4.31 Å². The molecule has 2 rings (SSSR count). The molecule has 1 aliphatic heterocycles. The van der Waals surface area contributed by atoms with Crippen LogP contribution in [0, 0.1) is 17.5 Å². The first-order valence-electron chi connectivity index (χ1n) is 5.22. The third-order valence-corrected chi connectivity index (χ3v) is 4.67. The third-order valence-electron chi connectivity index (χ3n) is 2.75. The molecule has 1 heterocycles. The van der Waals surface area contributed by atoms with Crippen molar-refractivity contribution in [1.82, 2.24) is 4.31 Å². The molecule has 0 aromatic heterocycles. The van der Waals surface area contributed by atoms with Crippen molar-refractivity contribution in [2.24, 2.45) is 5.73 Å². The zero-order valence-electron chi connectivity index (χ0n) is 9.24. The van der Waals surface area contributed by atoms with E-state index in [2.05, 4.69) is 0 Å². The Bertz CT molecular complexity index is 553. The molecule has 0 saturated carbocycles. The van der Waals surface area contributed by atoms with Gasteiger partial charge in [0.2, 0.25) is 10.0 Å². The number of nitrogens with zero attached hydrogens (tertiary/aromatic N) is 1. The molecule has 100 valence electrons. The molecule has 0 unspecified atom stereocenters. The van der Waals surface area contributed by atoms with E-state index in [1.807, 2.05) is 0 Å². The SMILES string of the molecule is N[C@H]1CCN(S(=O)(=O)c2c(F)cc(F)cc2F)C1. The number of sulfonamides is 1. The molecular weight excluding hydrogens is 269 g/mol. The number of benzene rings is 1. The van der Waals surface area contributed by atoms with Crippen LogP contribution in [0.2, 0.25) is 0 Å². The van der Waals surface area contributed by atoms with Gasteiger partial charge in [-0.25, -0.2) is 21.6 Å². The molecule has 1 aliphatic rings. The standard InChI is InChI=1S/C10H11F3N2O2S/c11-6-3-8(12)10(9(13)4-6)18(16,17)15-2-1-7(14)5-15/h3-4,7H,1-2,5,14H2/t7-/m0/s1. The zero-order chi connectivity index (χ0) is 13.5. The molecule has 1 fully saturated rings. The maximum atomic E-state index is 13.4. The normalized spacial score (nSPS) is 21.4. The van der Waals surface area contributed by atoms with Crippen molar-refractivity contribution in [3.63, 3.8) is 0 Å². The molecule has 1 atom stereocenters. The van der Waals surface area contributed by atoms with Crippen LogP contribution in [0.15, 0.2) is 17.0 Å². The predicted octanol–water partition coefficient (Wildman–Crippen LogP) is 0.826. The van der Waals surface area contributed by atoms with Crippen LogP contribution in [0.4, 0.5) is 13.2 Å².